The zero-order chi connectivity index (χ0) is 9.40. The highest BCUT2D eigenvalue weighted by molar-refractivity contribution is 6.31. The molecule has 0 saturated carbocycles. The lowest BCUT2D eigenvalue weighted by Crippen LogP contribution is -2.27. The van der Waals surface area contributed by atoms with E-state index in [9.17, 15) is 4.79 Å². The van der Waals surface area contributed by atoms with E-state index in [0.29, 0.717) is 13.2 Å². The Morgan fingerprint density at radius 1 is 1.33 bits per heavy atom. The quantitative estimate of drug-likeness (QED) is 0.452. The van der Waals surface area contributed by atoms with Gasteiger partial charge >= 0.3 is 9.76 Å². The Morgan fingerprint density at radius 2 is 1.83 bits per heavy atom. The second-order valence-corrected chi connectivity index (χ2v) is 2.87. The van der Waals surface area contributed by atoms with Crippen LogP contribution in [0, 0.1) is 0 Å². The summed E-state index contributed by atoms with van der Waals surface area (Å²) in [5.74, 6) is -0.707. The molecule has 0 heterocycles. The van der Waals surface area contributed by atoms with Gasteiger partial charge in [0.2, 0.25) is 0 Å². The molecule has 0 aliphatic heterocycles. The van der Waals surface area contributed by atoms with Gasteiger partial charge in [0, 0.05) is 20.1 Å². The van der Waals surface area contributed by atoms with Gasteiger partial charge in [0.05, 0.1) is 0 Å². The second-order valence-electron chi connectivity index (χ2n) is 1.95. The van der Waals surface area contributed by atoms with Crippen LogP contribution in [0.3, 0.4) is 0 Å². The zero-order valence-corrected chi connectivity index (χ0v) is 8.62. The van der Waals surface area contributed by atoms with E-state index in [1.165, 1.54) is 6.92 Å². The SMILES string of the molecule is CCOC(OCC)[Si]OC(C)=O. The topological polar surface area (TPSA) is 44.8 Å². The van der Waals surface area contributed by atoms with E-state index in [0.717, 1.165) is 0 Å². The summed E-state index contributed by atoms with van der Waals surface area (Å²) < 4.78 is 15.0. The van der Waals surface area contributed by atoms with Crippen LogP contribution in [0.2, 0.25) is 0 Å². The summed E-state index contributed by atoms with van der Waals surface area (Å²) in [6.07, 6.45) is 0. The van der Waals surface area contributed by atoms with Crippen LogP contribution in [-0.2, 0) is 18.7 Å². The van der Waals surface area contributed by atoms with Crippen LogP contribution in [0.25, 0.3) is 0 Å². The first-order valence-electron chi connectivity index (χ1n) is 3.86. The number of rotatable bonds is 6. The predicted octanol–water partition coefficient (Wildman–Crippen LogP) is 0.525. The first kappa shape index (κ1) is 11.6. The van der Waals surface area contributed by atoms with E-state index in [-0.39, 0.29) is 15.7 Å². The molecule has 0 fully saturated rings. The summed E-state index contributed by atoms with van der Waals surface area (Å²) in [6, 6.07) is 0. The van der Waals surface area contributed by atoms with Gasteiger partial charge in [0.1, 0.15) is 0 Å². The second kappa shape index (κ2) is 7.27. The Hall–Kier alpha value is -0.393. The minimum Gasteiger partial charge on any atom is -0.511 e. The molecule has 0 unspecified atom stereocenters. The molecule has 4 nitrogen and oxygen atoms in total. The number of hydrogen-bond donors (Lipinski definition) is 0. The standard InChI is InChI=1S/C7H14O4Si/c1-4-9-7(10-5-2)12-11-6(3)8/h7H,4-5H2,1-3H3. The number of ether oxygens (including phenoxy) is 2. The lowest BCUT2D eigenvalue weighted by molar-refractivity contribution is -0.135. The normalized spacial score (nSPS) is 10.3. The molecule has 5 heteroatoms. The van der Waals surface area contributed by atoms with Gasteiger partial charge in [-0.3, -0.25) is 4.79 Å². The molecule has 0 rings (SSSR count). The van der Waals surface area contributed by atoms with Crippen LogP contribution in [0.1, 0.15) is 20.8 Å². The van der Waals surface area contributed by atoms with Crippen LogP contribution in [0.15, 0.2) is 0 Å². The van der Waals surface area contributed by atoms with E-state index >= 15 is 0 Å². The van der Waals surface area contributed by atoms with E-state index < -0.39 is 5.91 Å². The van der Waals surface area contributed by atoms with Crippen molar-refractivity contribution in [1.82, 2.24) is 0 Å². The van der Waals surface area contributed by atoms with Crippen molar-refractivity contribution in [3.63, 3.8) is 0 Å². The maximum Gasteiger partial charge on any atom is 0.380 e. The van der Waals surface area contributed by atoms with E-state index in [1.807, 2.05) is 13.8 Å². The van der Waals surface area contributed by atoms with Crippen molar-refractivity contribution in [3.8, 4) is 0 Å². The number of carbonyl (C=O) groups is 1. The van der Waals surface area contributed by atoms with Gasteiger partial charge in [-0.25, -0.2) is 0 Å². The average Bonchev–Trinajstić information content (AvgIpc) is 2.01. The summed E-state index contributed by atoms with van der Waals surface area (Å²) >= 11 is 0. The minimum absolute atomic E-state index is 0.0767. The first-order chi connectivity index (χ1) is 5.70. The Balaban J connectivity index is 3.54. The van der Waals surface area contributed by atoms with E-state index in [4.69, 9.17) is 13.9 Å². The Kier molecular flexibility index (Phi) is 7.03. The fourth-order valence-corrected chi connectivity index (χ4v) is 1.28. The molecule has 0 bridgehead atoms. The maximum atomic E-state index is 10.4. The third kappa shape index (κ3) is 6.33. The van der Waals surface area contributed by atoms with Gasteiger partial charge in [0.25, 0.3) is 5.97 Å². The fourth-order valence-electron chi connectivity index (χ4n) is 0.550. The molecule has 0 N–H and O–H groups in total. The third-order valence-electron chi connectivity index (χ3n) is 0.935. The van der Waals surface area contributed by atoms with Crippen LogP contribution in [-0.4, -0.2) is 34.9 Å². The summed E-state index contributed by atoms with van der Waals surface area (Å²) in [7, 11) is -0.0767. The molecule has 0 aromatic heterocycles. The fraction of sp³-hybridized carbons (Fsp3) is 0.857. The average molecular weight is 190 g/mol. The Labute approximate surface area is 75.1 Å². The zero-order valence-electron chi connectivity index (χ0n) is 7.62. The van der Waals surface area contributed by atoms with Gasteiger partial charge in [-0.05, 0) is 13.8 Å². The summed E-state index contributed by atoms with van der Waals surface area (Å²) in [6.45, 7) is 6.20. The van der Waals surface area contributed by atoms with Gasteiger partial charge in [-0.2, -0.15) is 0 Å². The molecule has 0 spiro atoms. The van der Waals surface area contributed by atoms with Crippen LogP contribution in [0.4, 0.5) is 0 Å². The van der Waals surface area contributed by atoms with Gasteiger partial charge in [-0.15, -0.1) is 0 Å². The van der Waals surface area contributed by atoms with E-state index in [1.54, 1.807) is 0 Å². The maximum absolute atomic E-state index is 10.4. The predicted molar refractivity (Wildman–Crippen MR) is 44.6 cm³/mol. The van der Waals surface area contributed by atoms with E-state index in [2.05, 4.69) is 0 Å². The first-order valence-corrected chi connectivity index (χ1v) is 4.85. The number of hydrogen-bond acceptors (Lipinski definition) is 4. The van der Waals surface area contributed by atoms with Crippen molar-refractivity contribution in [1.29, 1.82) is 0 Å². The molecule has 0 amide bonds. The van der Waals surface area contributed by atoms with Crippen molar-refractivity contribution < 1.29 is 18.7 Å². The highest BCUT2D eigenvalue weighted by Crippen LogP contribution is 1.93. The molecule has 0 aliphatic carbocycles. The lowest BCUT2D eigenvalue weighted by atomic mass is 10.8. The molecule has 0 aliphatic rings. The van der Waals surface area contributed by atoms with Gasteiger partial charge in [0.15, 0.2) is 5.91 Å². The summed E-state index contributed by atoms with van der Waals surface area (Å²) in [5.41, 5.74) is 0. The van der Waals surface area contributed by atoms with Crippen LogP contribution in [0.5, 0.6) is 0 Å². The summed E-state index contributed by atoms with van der Waals surface area (Å²) in [4.78, 5) is 10.4. The molecular weight excluding hydrogens is 176 g/mol. The smallest absolute Gasteiger partial charge is 0.380 e. The van der Waals surface area contributed by atoms with Crippen molar-refractivity contribution in [2.24, 2.45) is 0 Å². The Bertz CT molecular complexity index is 123. The lowest BCUT2D eigenvalue weighted by Gasteiger charge is -2.13. The highest BCUT2D eigenvalue weighted by Gasteiger charge is 2.13. The molecule has 0 aromatic carbocycles. The molecule has 2 radical (unpaired) electrons. The molecule has 0 atom stereocenters. The molecule has 0 saturated heterocycles. The monoisotopic (exact) mass is 190 g/mol. The molecular formula is C7H14O4Si. The van der Waals surface area contributed by atoms with Crippen molar-refractivity contribution >= 4 is 15.7 Å². The largest absolute Gasteiger partial charge is 0.511 e. The summed E-state index contributed by atoms with van der Waals surface area (Å²) in [5, 5.41) is 0. The van der Waals surface area contributed by atoms with Gasteiger partial charge in [-0.1, -0.05) is 0 Å². The van der Waals surface area contributed by atoms with Gasteiger partial charge < -0.3 is 13.9 Å². The van der Waals surface area contributed by atoms with Crippen LogP contribution < -0.4 is 0 Å². The molecule has 0 aromatic rings. The number of carbonyl (C=O) groups excluding carboxylic acids is 1. The van der Waals surface area contributed by atoms with Crippen LogP contribution >= 0.6 is 0 Å². The molecule has 12 heavy (non-hydrogen) atoms. The third-order valence-corrected chi connectivity index (χ3v) is 1.87. The van der Waals surface area contributed by atoms with Crippen molar-refractivity contribution in [3.05, 3.63) is 0 Å². The highest BCUT2D eigenvalue weighted by atomic mass is 28.2. The molecule has 70 valence electrons. The van der Waals surface area contributed by atoms with Crippen molar-refractivity contribution in [2.75, 3.05) is 13.2 Å². The minimum atomic E-state index is -0.399. The Morgan fingerprint density at radius 3 is 2.17 bits per heavy atom. The van der Waals surface area contributed by atoms with Crippen molar-refractivity contribution in [2.45, 2.75) is 26.7 Å².